The van der Waals surface area contributed by atoms with Crippen LogP contribution in [0.15, 0.2) is 0 Å². The van der Waals surface area contributed by atoms with E-state index in [0.29, 0.717) is 0 Å². The van der Waals surface area contributed by atoms with E-state index in [9.17, 15) is 0 Å². The van der Waals surface area contributed by atoms with Crippen LogP contribution in [0.25, 0.3) is 0 Å². The molecular formula is C8H12N2S2. The summed E-state index contributed by atoms with van der Waals surface area (Å²) in [5, 5.41) is 1.23. The zero-order chi connectivity index (χ0) is 8.39. The number of thioether (sulfide) groups is 1. The van der Waals surface area contributed by atoms with Gasteiger partial charge in [0.15, 0.2) is 0 Å². The summed E-state index contributed by atoms with van der Waals surface area (Å²) in [7, 11) is 0. The predicted molar refractivity (Wildman–Crippen MR) is 54.7 cm³/mol. The van der Waals surface area contributed by atoms with Gasteiger partial charge in [-0.15, -0.1) is 11.3 Å². The summed E-state index contributed by atoms with van der Waals surface area (Å²) < 4.78 is 0. The molecule has 0 spiro atoms. The van der Waals surface area contributed by atoms with Crippen molar-refractivity contribution in [1.29, 1.82) is 0 Å². The molecule has 0 atom stereocenters. The molecular weight excluding hydrogens is 188 g/mol. The SMILES string of the molecule is NCCc1nc2c(s1)CCSC2. The van der Waals surface area contributed by atoms with Gasteiger partial charge in [-0.05, 0) is 18.7 Å². The van der Waals surface area contributed by atoms with E-state index in [1.54, 1.807) is 0 Å². The molecule has 0 fully saturated rings. The van der Waals surface area contributed by atoms with Crippen LogP contribution >= 0.6 is 23.1 Å². The minimum Gasteiger partial charge on any atom is -0.330 e. The minimum absolute atomic E-state index is 0.722. The number of hydrogen-bond donors (Lipinski definition) is 1. The Balaban J connectivity index is 2.20. The van der Waals surface area contributed by atoms with Crippen LogP contribution < -0.4 is 5.73 Å². The second-order valence-electron chi connectivity index (χ2n) is 2.82. The molecule has 0 aromatic carbocycles. The summed E-state index contributed by atoms with van der Waals surface area (Å²) in [6.45, 7) is 0.722. The highest BCUT2D eigenvalue weighted by molar-refractivity contribution is 7.98. The van der Waals surface area contributed by atoms with E-state index >= 15 is 0 Å². The Morgan fingerprint density at radius 1 is 1.50 bits per heavy atom. The fraction of sp³-hybridized carbons (Fsp3) is 0.625. The van der Waals surface area contributed by atoms with E-state index in [-0.39, 0.29) is 0 Å². The zero-order valence-electron chi connectivity index (χ0n) is 6.88. The third-order valence-corrected chi connectivity index (χ3v) is 4.08. The van der Waals surface area contributed by atoms with Crippen molar-refractivity contribution >= 4 is 23.1 Å². The van der Waals surface area contributed by atoms with Crippen LogP contribution in [0.2, 0.25) is 0 Å². The van der Waals surface area contributed by atoms with Gasteiger partial charge in [-0.2, -0.15) is 11.8 Å². The Morgan fingerprint density at radius 2 is 2.42 bits per heavy atom. The number of aromatic nitrogens is 1. The monoisotopic (exact) mass is 200 g/mol. The Morgan fingerprint density at radius 3 is 3.17 bits per heavy atom. The molecule has 0 saturated carbocycles. The van der Waals surface area contributed by atoms with Gasteiger partial charge in [0.2, 0.25) is 0 Å². The van der Waals surface area contributed by atoms with Gasteiger partial charge in [-0.25, -0.2) is 4.98 Å². The third-order valence-electron chi connectivity index (χ3n) is 1.89. The van der Waals surface area contributed by atoms with E-state index in [2.05, 4.69) is 4.98 Å². The summed E-state index contributed by atoms with van der Waals surface area (Å²) in [5.41, 5.74) is 6.80. The number of hydrogen-bond acceptors (Lipinski definition) is 4. The van der Waals surface area contributed by atoms with Crippen molar-refractivity contribution in [3.8, 4) is 0 Å². The molecule has 0 unspecified atom stereocenters. The first-order valence-electron chi connectivity index (χ1n) is 4.15. The van der Waals surface area contributed by atoms with Crippen molar-refractivity contribution in [1.82, 2.24) is 4.98 Å². The van der Waals surface area contributed by atoms with Crippen LogP contribution in [0.1, 0.15) is 15.6 Å². The molecule has 2 rings (SSSR count). The average molecular weight is 200 g/mol. The molecule has 1 aromatic rings. The number of thiazole rings is 1. The Hall–Kier alpha value is -0.0600. The lowest BCUT2D eigenvalue weighted by Gasteiger charge is -2.06. The standard InChI is InChI=1S/C8H12N2S2/c9-3-1-8-10-6-5-11-4-2-7(6)12-8/h1-5,9H2. The summed E-state index contributed by atoms with van der Waals surface area (Å²) in [6.07, 6.45) is 2.16. The molecule has 1 aliphatic heterocycles. The molecule has 0 bridgehead atoms. The van der Waals surface area contributed by atoms with Crippen molar-refractivity contribution in [3.05, 3.63) is 15.6 Å². The van der Waals surface area contributed by atoms with Crippen molar-refractivity contribution in [2.75, 3.05) is 12.3 Å². The van der Waals surface area contributed by atoms with Crippen LogP contribution in [0.3, 0.4) is 0 Å². The highest BCUT2D eigenvalue weighted by Crippen LogP contribution is 2.28. The average Bonchev–Trinajstić information content (AvgIpc) is 2.47. The molecule has 2 nitrogen and oxygen atoms in total. The number of aryl methyl sites for hydroxylation is 1. The maximum absolute atomic E-state index is 5.48. The van der Waals surface area contributed by atoms with Gasteiger partial charge >= 0.3 is 0 Å². The van der Waals surface area contributed by atoms with Crippen LogP contribution in [-0.2, 0) is 18.6 Å². The van der Waals surface area contributed by atoms with E-state index in [1.807, 2.05) is 23.1 Å². The maximum atomic E-state index is 5.48. The normalized spacial score (nSPS) is 16.1. The van der Waals surface area contributed by atoms with Crippen molar-refractivity contribution in [3.63, 3.8) is 0 Å². The second kappa shape index (κ2) is 3.77. The molecule has 0 saturated heterocycles. The van der Waals surface area contributed by atoms with Crippen LogP contribution in [0, 0.1) is 0 Å². The molecule has 2 heterocycles. The van der Waals surface area contributed by atoms with E-state index < -0.39 is 0 Å². The lowest BCUT2D eigenvalue weighted by atomic mass is 10.3. The number of nitrogens with zero attached hydrogens (tertiary/aromatic N) is 1. The van der Waals surface area contributed by atoms with E-state index in [1.165, 1.54) is 27.8 Å². The summed E-state index contributed by atoms with van der Waals surface area (Å²) in [4.78, 5) is 6.06. The van der Waals surface area contributed by atoms with Crippen LogP contribution in [-0.4, -0.2) is 17.3 Å². The van der Waals surface area contributed by atoms with Gasteiger partial charge in [0, 0.05) is 17.1 Å². The fourth-order valence-corrected chi connectivity index (χ4v) is 3.55. The molecule has 0 aliphatic carbocycles. The smallest absolute Gasteiger partial charge is 0.0944 e. The van der Waals surface area contributed by atoms with Crippen molar-refractivity contribution in [2.45, 2.75) is 18.6 Å². The third kappa shape index (κ3) is 1.65. The zero-order valence-corrected chi connectivity index (χ0v) is 8.51. The van der Waals surface area contributed by atoms with Gasteiger partial charge in [0.25, 0.3) is 0 Å². The predicted octanol–water partition coefficient (Wildman–Crippen LogP) is 1.43. The minimum atomic E-state index is 0.722. The van der Waals surface area contributed by atoms with Gasteiger partial charge in [-0.3, -0.25) is 0 Å². The number of fused-ring (bicyclic) bond motifs is 1. The molecule has 0 amide bonds. The number of rotatable bonds is 2. The molecule has 66 valence electrons. The fourth-order valence-electron chi connectivity index (χ4n) is 1.31. The number of nitrogens with two attached hydrogens (primary N) is 1. The van der Waals surface area contributed by atoms with Crippen molar-refractivity contribution in [2.24, 2.45) is 5.73 Å². The van der Waals surface area contributed by atoms with Gasteiger partial charge < -0.3 is 5.73 Å². The van der Waals surface area contributed by atoms with Gasteiger partial charge in [0.1, 0.15) is 0 Å². The quantitative estimate of drug-likeness (QED) is 0.785. The van der Waals surface area contributed by atoms with Crippen molar-refractivity contribution < 1.29 is 0 Å². The molecule has 0 radical (unpaired) electrons. The Labute approximate surface area is 80.6 Å². The van der Waals surface area contributed by atoms with Crippen LogP contribution in [0.4, 0.5) is 0 Å². The summed E-state index contributed by atoms with van der Waals surface area (Å²) >= 11 is 3.84. The highest BCUT2D eigenvalue weighted by atomic mass is 32.2. The Kier molecular flexibility index (Phi) is 2.68. The Bertz CT molecular complexity index is 247. The first-order valence-corrected chi connectivity index (χ1v) is 6.12. The molecule has 4 heteroatoms. The summed E-state index contributed by atoms with van der Waals surface area (Å²) in [5.74, 6) is 2.37. The molecule has 1 aliphatic rings. The highest BCUT2D eigenvalue weighted by Gasteiger charge is 2.14. The van der Waals surface area contributed by atoms with Gasteiger partial charge in [0.05, 0.1) is 10.7 Å². The maximum Gasteiger partial charge on any atom is 0.0944 e. The second-order valence-corrected chi connectivity index (χ2v) is 5.09. The molecule has 1 aromatic heterocycles. The van der Waals surface area contributed by atoms with Gasteiger partial charge in [-0.1, -0.05) is 0 Å². The lowest BCUT2D eigenvalue weighted by molar-refractivity contribution is 0.939. The summed E-state index contributed by atoms with van der Waals surface area (Å²) in [6, 6.07) is 0. The first-order chi connectivity index (χ1) is 5.90. The van der Waals surface area contributed by atoms with E-state index in [0.717, 1.165) is 18.7 Å². The largest absolute Gasteiger partial charge is 0.330 e. The molecule has 2 N–H and O–H groups in total. The topological polar surface area (TPSA) is 38.9 Å². The van der Waals surface area contributed by atoms with E-state index in [4.69, 9.17) is 5.73 Å². The van der Waals surface area contributed by atoms with Crippen LogP contribution in [0.5, 0.6) is 0 Å². The molecule has 12 heavy (non-hydrogen) atoms. The lowest BCUT2D eigenvalue weighted by Crippen LogP contribution is -2.02. The first kappa shape index (κ1) is 8.53.